The summed E-state index contributed by atoms with van der Waals surface area (Å²) in [6, 6.07) is 4.78. The van der Waals surface area contributed by atoms with Gasteiger partial charge in [-0.3, -0.25) is 0 Å². The fourth-order valence-electron chi connectivity index (χ4n) is 4.02. The van der Waals surface area contributed by atoms with Crippen LogP contribution in [0.3, 0.4) is 0 Å². The van der Waals surface area contributed by atoms with Crippen molar-refractivity contribution >= 4 is 0 Å². The van der Waals surface area contributed by atoms with Gasteiger partial charge in [0.25, 0.3) is 0 Å². The highest BCUT2D eigenvalue weighted by atomic mass is 19.3. The van der Waals surface area contributed by atoms with Crippen LogP contribution in [-0.2, 0) is 15.6 Å². The lowest BCUT2D eigenvalue weighted by molar-refractivity contribution is -0.206. The molecule has 0 aromatic heterocycles. The lowest BCUT2D eigenvalue weighted by atomic mass is 10.00. The van der Waals surface area contributed by atoms with Crippen molar-refractivity contribution in [2.75, 3.05) is 13.2 Å². The lowest BCUT2D eigenvalue weighted by Crippen LogP contribution is -2.27. The van der Waals surface area contributed by atoms with Crippen LogP contribution in [0.25, 0.3) is 11.1 Å². The van der Waals surface area contributed by atoms with E-state index in [2.05, 4.69) is 4.74 Å². The van der Waals surface area contributed by atoms with Gasteiger partial charge in [0, 0.05) is 29.2 Å². The summed E-state index contributed by atoms with van der Waals surface area (Å²) in [4.78, 5) is 0. The Morgan fingerprint density at radius 2 is 1.41 bits per heavy atom. The van der Waals surface area contributed by atoms with E-state index >= 15 is 0 Å². The van der Waals surface area contributed by atoms with Gasteiger partial charge < -0.3 is 14.2 Å². The van der Waals surface area contributed by atoms with Gasteiger partial charge in [0.15, 0.2) is 23.7 Å². The summed E-state index contributed by atoms with van der Waals surface area (Å²) in [6.07, 6.45) is -3.71. The zero-order chi connectivity index (χ0) is 26.9. The maximum atomic E-state index is 14.9. The minimum absolute atomic E-state index is 0.0944. The second kappa shape index (κ2) is 10.7. The summed E-state index contributed by atoms with van der Waals surface area (Å²) < 4.78 is 128. The Kier molecular flexibility index (Phi) is 7.75. The monoisotopic (exact) mass is 532 g/mol. The predicted octanol–water partition coefficient (Wildman–Crippen LogP) is 7.78. The van der Waals surface area contributed by atoms with Gasteiger partial charge in [0.05, 0.1) is 13.2 Å². The van der Waals surface area contributed by atoms with Crippen LogP contribution in [0, 0.1) is 40.8 Å². The molecule has 3 aromatic carbocycles. The molecule has 0 atom stereocenters. The molecule has 3 nitrogen and oxygen atoms in total. The first-order chi connectivity index (χ1) is 17.5. The number of halogens is 8. The van der Waals surface area contributed by atoms with Crippen LogP contribution in [0.1, 0.15) is 37.2 Å². The van der Waals surface area contributed by atoms with Crippen molar-refractivity contribution in [2.24, 2.45) is 5.92 Å². The topological polar surface area (TPSA) is 27.7 Å². The van der Waals surface area contributed by atoms with Gasteiger partial charge in [-0.15, -0.1) is 0 Å². The molecular weight excluding hydrogens is 512 g/mol. The van der Waals surface area contributed by atoms with Crippen LogP contribution in [0.5, 0.6) is 5.75 Å². The number of rotatable bonds is 7. The number of benzene rings is 3. The molecule has 1 heterocycles. The fraction of sp³-hybridized carbons (Fsp3) is 0.308. The number of ether oxygens (including phenoxy) is 3. The van der Waals surface area contributed by atoms with Crippen molar-refractivity contribution in [3.8, 4) is 16.9 Å². The SMILES string of the molecule is CCCC1COC(c2ccc(-c3cc(F)c(C(F)(F)Oc4cc(F)c(F)c(F)c4)c(F)c3)c(F)c2)OC1. The Morgan fingerprint density at radius 3 is 1.95 bits per heavy atom. The Balaban J connectivity index is 1.57. The van der Waals surface area contributed by atoms with Gasteiger partial charge in [0.1, 0.15) is 28.8 Å². The Bertz CT molecular complexity index is 1240. The molecule has 0 N–H and O–H groups in total. The third-order valence-electron chi connectivity index (χ3n) is 5.78. The second-order valence-electron chi connectivity index (χ2n) is 8.53. The van der Waals surface area contributed by atoms with E-state index in [-0.39, 0.29) is 23.6 Å². The Hall–Kier alpha value is -3.18. The van der Waals surface area contributed by atoms with E-state index in [0.717, 1.165) is 18.9 Å². The molecule has 0 saturated carbocycles. The zero-order valence-corrected chi connectivity index (χ0v) is 19.3. The molecule has 0 bridgehead atoms. The molecule has 0 spiro atoms. The first-order valence-corrected chi connectivity index (χ1v) is 11.2. The van der Waals surface area contributed by atoms with Crippen molar-refractivity contribution in [3.63, 3.8) is 0 Å². The van der Waals surface area contributed by atoms with Gasteiger partial charge in [-0.05, 0) is 30.2 Å². The predicted molar refractivity (Wildman–Crippen MR) is 116 cm³/mol. The van der Waals surface area contributed by atoms with Crippen molar-refractivity contribution in [1.82, 2.24) is 0 Å². The number of alkyl halides is 2. The van der Waals surface area contributed by atoms with Crippen LogP contribution >= 0.6 is 0 Å². The van der Waals surface area contributed by atoms with E-state index in [1.807, 2.05) is 6.92 Å². The summed E-state index contributed by atoms with van der Waals surface area (Å²) >= 11 is 0. The summed E-state index contributed by atoms with van der Waals surface area (Å²) in [5.74, 6) is -11.1. The van der Waals surface area contributed by atoms with E-state index < -0.39 is 64.2 Å². The molecule has 37 heavy (non-hydrogen) atoms. The molecule has 0 amide bonds. The average Bonchev–Trinajstić information content (AvgIpc) is 2.82. The third kappa shape index (κ3) is 5.72. The Labute approximate surface area is 206 Å². The first-order valence-electron chi connectivity index (χ1n) is 11.2. The van der Waals surface area contributed by atoms with Crippen molar-refractivity contribution in [2.45, 2.75) is 32.2 Å². The molecule has 0 aliphatic carbocycles. The first kappa shape index (κ1) is 26.9. The van der Waals surface area contributed by atoms with E-state index in [0.29, 0.717) is 30.9 Å². The smallest absolute Gasteiger partial charge is 0.429 e. The highest BCUT2D eigenvalue weighted by Gasteiger charge is 2.41. The van der Waals surface area contributed by atoms with Gasteiger partial charge in [-0.25, -0.2) is 26.3 Å². The van der Waals surface area contributed by atoms with Crippen LogP contribution in [-0.4, -0.2) is 13.2 Å². The fourth-order valence-corrected chi connectivity index (χ4v) is 4.02. The summed E-state index contributed by atoms with van der Waals surface area (Å²) in [7, 11) is 0. The molecule has 4 rings (SSSR count). The van der Waals surface area contributed by atoms with Crippen molar-refractivity contribution in [3.05, 3.63) is 88.5 Å². The number of hydrogen-bond donors (Lipinski definition) is 0. The molecule has 198 valence electrons. The molecular formula is C26H20F8O3. The highest BCUT2D eigenvalue weighted by molar-refractivity contribution is 5.65. The quantitative estimate of drug-likeness (QED) is 0.230. The molecule has 3 aromatic rings. The van der Waals surface area contributed by atoms with Gasteiger partial charge in [0.2, 0.25) is 0 Å². The normalized spacial score (nSPS) is 18.2. The van der Waals surface area contributed by atoms with Gasteiger partial charge in [-0.1, -0.05) is 25.5 Å². The molecule has 11 heteroatoms. The molecule has 1 aliphatic rings. The maximum absolute atomic E-state index is 14.9. The molecule has 1 fully saturated rings. The highest BCUT2D eigenvalue weighted by Crippen LogP contribution is 2.38. The largest absolute Gasteiger partial charge is 0.432 e. The van der Waals surface area contributed by atoms with Crippen LogP contribution in [0.15, 0.2) is 42.5 Å². The maximum Gasteiger partial charge on any atom is 0.432 e. The average molecular weight is 532 g/mol. The standard InChI is InChI=1S/C26H20F8O3/c1-2-3-13-11-35-25(36-12-13)14-4-5-17(18(27)6-14)15-7-19(28)23(20(29)8-15)26(33,34)37-16-9-21(30)24(32)22(31)10-16/h4-10,13,25H,2-3,11-12H2,1H3. The van der Waals surface area contributed by atoms with Gasteiger partial charge >= 0.3 is 6.11 Å². The molecule has 1 saturated heterocycles. The van der Waals surface area contributed by atoms with Crippen molar-refractivity contribution in [1.29, 1.82) is 0 Å². The van der Waals surface area contributed by atoms with Crippen LogP contribution in [0.2, 0.25) is 0 Å². The summed E-state index contributed by atoms with van der Waals surface area (Å²) in [5, 5.41) is 0. The minimum atomic E-state index is -4.75. The number of hydrogen-bond acceptors (Lipinski definition) is 3. The van der Waals surface area contributed by atoms with E-state index in [1.54, 1.807) is 0 Å². The summed E-state index contributed by atoms with van der Waals surface area (Å²) in [5.41, 5.74) is -2.25. The van der Waals surface area contributed by atoms with E-state index in [1.165, 1.54) is 12.1 Å². The van der Waals surface area contributed by atoms with E-state index in [4.69, 9.17) is 9.47 Å². The van der Waals surface area contributed by atoms with Crippen LogP contribution in [0.4, 0.5) is 35.1 Å². The molecule has 0 unspecified atom stereocenters. The molecule has 0 radical (unpaired) electrons. The third-order valence-corrected chi connectivity index (χ3v) is 5.78. The second-order valence-corrected chi connectivity index (χ2v) is 8.53. The lowest BCUT2D eigenvalue weighted by Gasteiger charge is -2.29. The van der Waals surface area contributed by atoms with Gasteiger partial charge in [-0.2, -0.15) is 8.78 Å². The minimum Gasteiger partial charge on any atom is -0.429 e. The van der Waals surface area contributed by atoms with Crippen molar-refractivity contribution < 1.29 is 49.3 Å². The Morgan fingerprint density at radius 1 is 0.811 bits per heavy atom. The summed E-state index contributed by atoms with van der Waals surface area (Å²) in [6.45, 7) is 2.88. The van der Waals surface area contributed by atoms with Crippen LogP contribution < -0.4 is 4.74 Å². The molecule has 1 aliphatic heterocycles. The van der Waals surface area contributed by atoms with E-state index in [9.17, 15) is 35.1 Å². The zero-order valence-electron chi connectivity index (χ0n) is 19.3.